The number of carbonyl (C=O) groups is 1. The SMILES string of the molecule is C[C@@H]1CN(C(=O)C[NH+]2CCN(S(=O)(=O)/C=C/c3ccccc3)CC2)C[C@@H](C)O1. The zero-order valence-electron chi connectivity index (χ0n) is 16.6. The van der Waals surface area contributed by atoms with Crippen LogP contribution in [0.4, 0.5) is 0 Å². The number of hydrogen-bond acceptors (Lipinski definition) is 4. The zero-order chi connectivity index (χ0) is 20.1. The van der Waals surface area contributed by atoms with Crippen molar-refractivity contribution in [1.82, 2.24) is 9.21 Å². The number of ether oxygens (including phenoxy) is 1. The van der Waals surface area contributed by atoms with Crippen molar-refractivity contribution >= 4 is 22.0 Å². The fraction of sp³-hybridized carbons (Fsp3) is 0.550. The van der Waals surface area contributed by atoms with Crippen LogP contribution in [0.5, 0.6) is 0 Å². The quantitative estimate of drug-likeness (QED) is 0.734. The molecule has 0 aliphatic carbocycles. The van der Waals surface area contributed by atoms with Crippen molar-refractivity contribution in [3.05, 3.63) is 41.3 Å². The summed E-state index contributed by atoms with van der Waals surface area (Å²) in [6.07, 6.45) is 1.74. The summed E-state index contributed by atoms with van der Waals surface area (Å²) in [6.45, 7) is 7.76. The van der Waals surface area contributed by atoms with Crippen LogP contribution in [-0.2, 0) is 19.6 Å². The molecular formula is C20H30N3O4S+. The normalized spacial score (nSPS) is 25.3. The summed E-state index contributed by atoms with van der Waals surface area (Å²) in [6, 6.07) is 9.39. The van der Waals surface area contributed by atoms with Gasteiger partial charge < -0.3 is 14.5 Å². The number of piperazine rings is 1. The molecule has 2 fully saturated rings. The molecule has 2 aliphatic rings. The number of rotatable bonds is 5. The van der Waals surface area contributed by atoms with Gasteiger partial charge in [-0.1, -0.05) is 30.3 Å². The van der Waals surface area contributed by atoms with Crippen LogP contribution >= 0.6 is 0 Å². The Labute approximate surface area is 167 Å². The number of quaternary nitrogens is 1. The van der Waals surface area contributed by atoms with Crippen LogP contribution in [0.2, 0.25) is 0 Å². The third-order valence-electron chi connectivity index (χ3n) is 5.19. The van der Waals surface area contributed by atoms with E-state index in [-0.39, 0.29) is 18.1 Å². The molecule has 154 valence electrons. The van der Waals surface area contributed by atoms with E-state index in [0.29, 0.717) is 45.8 Å². The van der Waals surface area contributed by atoms with E-state index in [1.54, 1.807) is 6.08 Å². The minimum atomic E-state index is -3.44. The second kappa shape index (κ2) is 9.17. The lowest BCUT2D eigenvalue weighted by molar-refractivity contribution is -0.896. The van der Waals surface area contributed by atoms with E-state index in [1.807, 2.05) is 49.1 Å². The highest BCUT2D eigenvalue weighted by atomic mass is 32.2. The summed E-state index contributed by atoms with van der Waals surface area (Å²) in [5.41, 5.74) is 0.856. The Morgan fingerprint density at radius 1 is 1.14 bits per heavy atom. The van der Waals surface area contributed by atoms with Gasteiger partial charge >= 0.3 is 0 Å². The Balaban J connectivity index is 1.50. The number of sulfonamides is 1. The van der Waals surface area contributed by atoms with Gasteiger partial charge in [0.2, 0.25) is 10.0 Å². The van der Waals surface area contributed by atoms with Crippen molar-refractivity contribution in [2.24, 2.45) is 0 Å². The number of carbonyl (C=O) groups excluding carboxylic acids is 1. The first kappa shape index (κ1) is 21.0. The molecule has 2 aliphatic heterocycles. The first-order valence-corrected chi connectivity index (χ1v) is 11.3. The Bertz CT molecular complexity index is 779. The molecule has 0 radical (unpaired) electrons. The van der Waals surface area contributed by atoms with Gasteiger partial charge in [0.1, 0.15) is 0 Å². The van der Waals surface area contributed by atoms with Crippen molar-refractivity contribution in [3.63, 3.8) is 0 Å². The highest BCUT2D eigenvalue weighted by molar-refractivity contribution is 7.92. The second-order valence-electron chi connectivity index (χ2n) is 7.64. The number of nitrogens with one attached hydrogen (secondary N) is 1. The van der Waals surface area contributed by atoms with Gasteiger partial charge in [-0.2, -0.15) is 4.31 Å². The molecule has 0 aromatic heterocycles. The van der Waals surface area contributed by atoms with E-state index >= 15 is 0 Å². The maximum absolute atomic E-state index is 12.6. The number of nitrogens with zero attached hydrogens (tertiary/aromatic N) is 2. The first-order valence-electron chi connectivity index (χ1n) is 9.83. The van der Waals surface area contributed by atoms with E-state index in [4.69, 9.17) is 4.74 Å². The molecule has 1 aromatic rings. The molecule has 8 heteroatoms. The third kappa shape index (κ3) is 5.64. The average molecular weight is 409 g/mol. The summed E-state index contributed by atoms with van der Waals surface area (Å²) in [7, 11) is -3.44. The molecular weight excluding hydrogens is 378 g/mol. The van der Waals surface area contributed by atoms with Gasteiger partial charge in [-0.05, 0) is 25.5 Å². The van der Waals surface area contributed by atoms with E-state index in [9.17, 15) is 13.2 Å². The van der Waals surface area contributed by atoms with Crippen LogP contribution in [0.15, 0.2) is 35.7 Å². The highest BCUT2D eigenvalue weighted by Gasteiger charge is 2.31. The lowest BCUT2D eigenvalue weighted by atomic mass is 10.2. The molecule has 0 unspecified atom stereocenters. The Hall–Kier alpha value is -1.74. The number of benzene rings is 1. The van der Waals surface area contributed by atoms with Gasteiger partial charge in [-0.15, -0.1) is 0 Å². The fourth-order valence-corrected chi connectivity index (χ4v) is 4.95. The predicted octanol–water partition coefficient (Wildman–Crippen LogP) is -0.177. The summed E-state index contributed by atoms with van der Waals surface area (Å²) < 4.78 is 32.3. The average Bonchev–Trinajstić information content (AvgIpc) is 2.67. The molecule has 2 saturated heterocycles. The van der Waals surface area contributed by atoms with Gasteiger partial charge in [-0.25, -0.2) is 8.42 Å². The van der Waals surface area contributed by atoms with Crippen LogP contribution in [0.3, 0.4) is 0 Å². The lowest BCUT2D eigenvalue weighted by Crippen LogP contribution is -3.15. The molecule has 0 saturated carbocycles. The van der Waals surface area contributed by atoms with Crippen molar-refractivity contribution in [1.29, 1.82) is 0 Å². The van der Waals surface area contributed by atoms with Crippen molar-refractivity contribution in [2.75, 3.05) is 45.8 Å². The van der Waals surface area contributed by atoms with Crippen LogP contribution < -0.4 is 4.90 Å². The largest absolute Gasteiger partial charge is 0.372 e. The summed E-state index contributed by atoms with van der Waals surface area (Å²) in [4.78, 5) is 15.6. The molecule has 1 aromatic carbocycles. The first-order chi connectivity index (χ1) is 13.3. The predicted molar refractivity (Wildman–Crippen MR) is 108 cm³/mol. The van der Waals surface area contributed by atoms with Crippen LogP contribution in [0, 0.1) is 0 Å². The van der Waals surface area contributed by atoms with E-state index in [1.165, 1.54) is 9.71 Å². The Kier molecular flexibility index (Phi) is 6.87. The molecule has 0 spiro atoms. The van der Waals surface area contributed by atoms with Crippen LogP contribution in [0.25, 0.3) is 6.08 Å². The van der Waals surface area contributed by atoms with Crippen LogP contribution in [0.1, 0.15) is 19.4 Å². The van der Waals surface area contributed by atoms with E-state index in [2.05, 4.69) is 0 Å². The number of amides is 1. The third-order valence-corrected chi connectivity index (χ3v) is 6.76. The molecule has 1 amide bonds. The summed E-state index contributed by atoms with van der Waals surface area (Å²) in [5.74, 6) is 0.122. The maximum atomic E-state index is 12.6. The molecule has 2 atom stereocenters. The van der Waals surface area contributed by atoms with E-state index < -0.39 is 10.0 Å². The minimum absolute atomic E-state index is 0.0566. The number of morpholine rings is 1. The number of hydrogen-bond donors (Lipinski definition) is 1. The molecule has 1 N–H and O–H groups in total. The topological polar surface area (TPSA) is 71.4 Å². The summed E-state index contributed by atoms with van der Waals surface area (Å²) in [5, 5.41) is 1.27. The van der Waals surface area contributed by atoms with Gasteiger partial charge in [-0.3, -0.25) is 4.79 Å². The maximum Gasteiger partial charge on any atom is 0.277 e. The van der Waals surface area contributed by atoms with Gasteiger partial charge in [0.05, 0.1) is 38.4 Å². The molecule has 7 nitrogen and oxygen atoms in total. The summed E-state index contributed by atoms with van der Waals surface area (Å²) >= 11 is 0. The van der Waals surface area contributed by atoms with Crippen molar-refractivity contribution in [2.45, 2.75) is 26.1 Å². The molecule has 0 bridgehead atoms. The van der Waals surface area contributed by atoms with Gasteiger partial charge in [0, 0.05) is 18.5 Å². The van der Waals surface area contributed by atoms with Crippen molar-refractivity contribution in [3.8, 4) is 0 Å². The molecule has 3 rings (SSSR count). The fourth-order valence-electron chi connectivity index (χ4n) is 3.76. The van der Waals surface area contributed by atoms with Crippen molar-refractivity contribution < 1.29 is 22.8 Å². The smallest absolute Gasteiger partial charge is 0.277 e. The molecule has 2 heterocycles. The van der Waals surface area contributed by atoms with Gasteiger partial charge in [0.15, 0.2) is 6.54 Å². The monoisotopic (exact) mass is 408 g/mol. The second-order valence-corrected chi connectivity index (χ2v) is 9.46. The van der Waals surface area contributed by atoms with E-state index in [0.717, 1.165) is 10.5 Å². The zero-order valence-corrected chi connectivity index (χ0v) is 17.4. The Morgan fingerprint density at radius 2 is 1.75 bits per heavy atom. The Morgan fingerprint density at radius 3 is 2.36 bits per heavy atom. The minimum Gasteiger partial charge on any atom is -0.372 e. The highest BCUT2D eigenvalue weighted by Crippen LogP contribution is 2.11. The lowest BCUT2D eigenvalue weighted by Gasteiger charge is -2.36. The standard InChI is InChI=1S/C20H29N3O4S/c1-17-14-22(15-18(2)27-17)20(24)16-21-9-11-23(12-10-21)28(25,26)13-8-19-6-4-3-5-7-19/h3-8,13,17-18H,9-12,14-16H2,1-2H3/p+1/b13-8+/t17-,18-/m1/s1. The molecule has 28 heavy (non-hydrogen) atoms. The van der Waals surface area contributed by atoms with Gasteiger partial charge in [0.25, 0.3) is 5.91 Å². The van der Waals surface area contributed by atoms with Crippen LogP contribution in [-0.4, -0.2) is 81.6 Å².